The lowest BCUT2D eigenvalue weighted by atomic mass is 9.57. The molecule has 0 radical (unpaired) electrons. The maximum Gasteiger partial charge on any atom is 0.0405 e. The number of nitrogens with two attached hydrogens (primary N) is 1. The summed E-state index contributed by atoms with van der Waals surface area (Å²) in [6.45, 7) is 2.02. The molecular weight excluding hydrogens is 256 g/mol. The molecule has 1 spiro atoms. The second-order valence-corrected chi connectivity index (χ2v) is 7.46. The number of benzene rings is 1. The fourth-order valence-electron chi connectivity index (χ4n) is 5.28. The van der Waals surface area contributed by atoms with Crippen molar-refractivity contribution >= 4 is 5.69 Å². The van der Waals surface area contributed by atoms with E-state index in [-0.39, 0.29) is 0 Å². The van der Waals surface area contributed by atoms with E-state index >= 15 is 0 Å². The lowest BCUT2D eigenvalue weighted by molar-refractivity contribution is 0.0406. The number of fused-ring (bicyclic) bond motifs is 1. The van der Waals surface area contributed by atoms with Gasteiger partial charge in [0.05, 0.1) is 0 Å². The van der Waals surface area contributed by atoms with Crippen molar-refractivity contribution in [2.24, 2.45) is 11.1 Å². The molecular formula is C19H28N2. The van der Waals surface area contributed by atoms with E-state index in [0.717, 1.165) is 19.0 Å². The predicted molar refractivity (Wildman–Crippen MR) is 88.7 cm³/mol. The quantitative estimate of drug-likeness (QED) is 0.907. The molecule has 0 aromatic heterocycles. The van der Waals surface area contributed by atoms with E-state index < -0.39 is 0 Å². The van der Waals surface area contributed by atoms with E-state index in [9.17, 15) is 0 Å². The second-order valence-electron chi connectivity index (χ2n) is 7.46. The molecule has 2 heteroatoms. The van der Waals surface area contributed by atoms with Crippen LogP contribution in [0, 0.1) is 5.41 Å². The van der Waals surface area contributed by atoms with Gasteiger partial charge >= 0.3 is 0 Å². The van der Waals surface area contributed by atoms with Crippen LogP contribution in [0.5, 0.6) is 0 Å². The van der Waals surface area contributed by atoms with E-state index in [0.29, 0.717) is 11.3 Å². The normalized spacial score (nSPS) is 30.2. The Hall–Kier alpha value is -1.02. The first-order valence-corrected chi connectivity index (χ1v) is 8.90. The Balaban J connectivity index is 1.61. The van der Waals surface area contributed by atoms with Crippen LogP contribution in [0.15, 0.2) is 24.3 Å². The van der Waals surface area contributed by atoms with Crippen molar-refractivity contribution in [3.63, 3.8) is 0 Å². The molecule has 114 valence electrons. The monoisotopic (exact) mass is 284 g/mol. The molecule has 1 aromatic carbocycles. The molecule has 4 rings (SSSR count). The van der Waals surface area contributed by atoms with Crippen LogP contribution in [-0.2, 0) is 0 Å². The highest BCUT2D eigenvalue weighted by Gasteiger charge is 2.51. The van der Waals surface area contributed by atoms with Crippen LogP contribution >= 0.6 is 0 Å². The fraction of sp³-hybridized carbons (Fsp3) is 0.684. The summed E-state index contributed by atoms with van der Waals surface area (Å²) < 4.78 is 0. The summed E-state index contributed by atoms with van der Waals surface area (Å²) in [4.78, 5) is 2.77. The number of hydrogen-bond acceptors (Lipinski definition) is 2. The molecule has 2 nitrogen and oxygen atoms in total. The van der Waals surface area contributed by atoms with Gasteiger partial charge < -0.3 is 10.6 Å². The number of hydrogen-bond donors (Lipinski definition) is 1. The van der Waals surface area contributed by atoms with Crippen LogP contribution in [0.3, 0.4) is 0 Å². The van der Waals surface area contributed by atoms with Crippen molar-refractivity contribution in [2.75, 3.05) is 18.0 Å². The highest BCUT2D eigenvalue weighted by molar-refractivity contribution is 5.61. The lowest BCUT2D eigenvalue weighted by Gasteiger charge is -2.56. The smallest absolute Gasteiger partial charge is 0.0405 e. The molecule has 1 aliphatic heterocycles. The van der Waals surface area contributed by atoms with Gasteiger partial charge in [0.15, 0.2) is 0 Å². The molecule has 0 amide bonds. The van der Waals surface area contributed by atoms with Gasteiger partial charge in [0.2, 0.25) is 0 Å². The molecule has 2 unspecified atom stereocenters. The first-order chi connectivity index (χ1) is 10.3. The topological polar surface area (TPSA) is 29.3 Å². The first kappa shape index (κ1) is 13.6. The van der Waals surface area contributed by atoms with Gasteiger partial charge in [0, 0.05) is 24.2 Å². The highest BCUT2D eigenvalue weighted by Crippen LogP contribution is 2.56. The van der Waals surface area contributed by atoms with E-state index in [2.05, 4.69) is 29.2 Å². The summed E-state index contributed by atoms with van der Waals surface area (Å²) >= 11 is 0. The van der Waals surface area contributed by atoms with Crippen molar-refractivity contribution in [1.29, 1.82) is 0 Å². The Morgan fingerprint density at radius 2 is 1.90 bits per heavy atom. The van der Waals surface area contributed by atoms with Crippen LogP contribution in [0.1, 0.15) is 62.8 Å². The van der Waals surface area contributed by atoms with Gasteiger partial charge in [-0.15, -0.1) is 0 Å². The van der Waals surface area contributed by atoms with Crippen LogP contribution in [0.25, 0.3) is 0 Å². The minimum atomic E-state index is 0.656. The Bertz CT molecular complexity index is 504. The molecule has 2 saturated carbocycles. The van der Waals surface area contributed by atoms with Gasteiger partial charge in [0.1, 0.15) is 0 Å². The zero-order valence-electron chi connectivity index (χ0n) is 13.1. The summed E-state index contributed by atoms with van der Waals surface area (Å²) in [5.41, 5.74) is 9.58. The minimum Gasteiger partial charge on any atom is -0.367 e. The molecule has 2 fully saturated rings. The van der Waals surface area contributed by atoms with E-state index in [1.807, 2.05) is 0 Å². The summed E-state index contributed by atoms with van der Waals surface area (Å²) in [6.07, 6.45) is 11.3. The molecule has 2 N–H and O–H groups in total. The van der Waals surface area contributed by atoms with Gasteiger partial charge in [-0.05, 0) is 55.7 Å². The third-order valence-corrected chi connectivity index (χ3v) is 6.47. The summed E-state index contributed by atoms with van der Waals surface area (Å²) in [6, 6.07) is 9.90. The summed E-state index contributed by atoms with van der Waals surface area (Å²) in [7, 11) is 0. The van der Waals surface area contributed by atoms with E-state index in [1.54, 1.807) is 5.56 Å². The van der Waals surface area contributed by atoms with Crippen LogP contribution in [0.4, 0.5) is 5.69 Å². The van der Waals surface area contributed by atoms with Crippen molar-refractivity contribution in [2.45, 2.75) is 63.3 Å². The largest absolute Gasteiger partial charge is 0.367 e. The Morgan fingerprint density at radius 3 is 2.62 bits per heavy atom. The average Bonchev–Trinajstić information content (AvgIpc) is 2.86. The van der Waals surface area contributed by atoms with Gasteiger partial charge in [0.25, 0.3) is 0 Å². The third-order valence-electron chi connectivity index (χ3n) is 6.47. The number of nitrogens with zero attached hydrogens (tertiary/aromatic N) is 1. The maximum absolute atomic E-state index is 5.85. The highest BCUT2D eigenvalue weighted by atomic mass is 15.2. The molecule has 1 aromatic rings. The Labute approximate surface area is 128 Å². The molecule has 0 bridgehead atoms. The number of para-hydroxylation sites is 1. The fourth-order valence-corrected chi connectivity index (χ4v) is 5.28. The summed E-state index contributed by atoms with van der Waals surface area (Å²) in [5.74, 6) is 0.660. The van der Waals surface area contributed by atoms with Gasteiger partial charge in [-0.3, -0.25) is 0 Å². The summed E-state index contributed by atoms with van der Waals surface area (Å²) in [5, 5.41) is 0. The van der Waals surface area contributed by atoms with Gasteiger partial charge in [-0.2, -0.15) is 0 Å². The van der Waals surface area contributed by atoms with E-state index in [4.69, 9.17) is 5.73 Å². The van der Waals surface area contributed by atoms with Crippen molar-refractivity contribution in [3.8, 4) is 0 Å². The van der Waals surface area contributed by atoms with Crippen molar-refractivity contribution in [3.05, 3.63) is 29.8 Å². The zero-order valence-corrected chi connectivity index (χ0v) is 13.1. The number of rotatable bonds is 3. The van der Waals surface area contributed by atoms with Crippen molar-refractivity contribution < 1.29 is 0 Å². The van der Waals surface area contributed by atoms with Crippen molar-refractivity contribution in [1.82, 2.24) is 0 Å². The zero-order chi connectivity index (χ0) is 14.3. The molecule has 3 aliphatic rings. The molecule has 2 atom stereocenters. The van der Waals surface area contributed by atoms with Crippen LogP contribution in [0.2, 0.25) is 0 Å². The molecule has 0 saturated heterocycles. The third kappa shape index (κ3) is 2.11. The Kier molecular flexibility index (Phi) is 3.45. The Morgan fingerprint density at radius 1 is 1.10 bits per heavy atom. The first-order valence-electron chi connectivity index (χ1n) is 8.90. The minimum absolute atomic E-state index is 0.656. The van der Waals surface area contributed by atoms with Gasteiger partial charge in [-0.25, -0.2) is 0 Å². The van der Waals surface area contributed by atoms with Gasteiger partial charge in [-0.1, -0.05) is 37.5 Å². The SMILES string of the molecule is NCCC1CN(C2CCC23CCCCC3)c2ccccc21. The molecule has 21 heavy (non-hydrogen) atoms. The lowest BCUT2D eigenvalue weighted by Crippen LogP contribution is -2.56. The number of anilines is 1. The predicted octanol–water partition coefficient (Wildman–Crippen LogP) is 4.05. The standard InChI is InChI=1S/C19H28N2/c20-13-9-15-14-21(17-7-3-2-6-16(15)17)18-8-12-19(18)10-4-1-5-11-19/h2-3,6-7,15,18H,1,4-5,8-14,20H2. The van der Waals surface area contributed by atoms with E-state index in [1.165, 1.54) is 57.2 Å². The maximum atomic E-state index is 5.85. The van der Waals surface area contributed by atoms with Crippen LogP contribution in [-0.4, -0.2) is 19.1 Å². The second kappa shape index (κ2) is 5.31. The molecule has 2 aliphatic carbocycles. The molecule has 1 heterocycles. The van der Waals surface area contributed by atoms with Crippen LogP contribution < -0.4 is 10.6 Å². The average molecular weight is 284 g/mol.